The number of hydrogen-bond acceptors (Lipinski definition) is 5. The Bertz CT molecular complexity index is 782. The van der Waals surface area contributed by atoms with E-state index < -0.39 is 6.10 Å². The highest BCUT2D eigenvalue weighted by Gasteiger charge is 2.15. The van der Waals surface area contributed by atoms with E-state index in [9.17, 15) is 14.7 Å². The van der Waals surface area contributed by atoms with E-state index in [0.717, 1.165) is 44.9 Å². The molecule has 0 heterocycles. The van der Waals surface area contributed by atoms with Crippen LogP contribution >= 0.6 is 0 Å². The Balaban J connectivity index is 3.67. The molecule has 0 radical (unpaired) electrons. The quantitative estimate of drug-likeness (QED) is 0.0429. The molecule has 46 heavy (non-hydrogen) atoms. The molecule has 0 aromatic carbocycles. The van der Waals surface area contributed by atoms with Gasteiger partial charge in [-0.15, -0.1) is 0 Å². The third-order valence-corrected chi connectivity index (χ3v) is 8.10. The average Bonchev–Trinajstić information content (AvgIpc) is 3.06. The van der Waals surface area contributed by atoms with Crippen LogP contribution in [0.2, 0.25) is 0 Å². The predicted octanol–water partition coefficient (Wildman–Crippen LogP) is 11.8. The lowest BCUT2D eigenvalue weighted by Gasteiger charge is -2.15. The van der Waals surface area contributed by atoms with Gasteiger partial charge in [-0.1, -0.05) is 146 Å². The Morgan fingerprint density at radius 3 is 1.39 bits per heavy atom. The van der Waals surface area contributed by atoms with Crippen molar-refractivity contribution in [1.29, 1.82) is 0 Å². The van der Waals surface area contributed by atoms with Crippen molar-refractivity contribution in [3.8, 4) is 0 Å². The first kappa shape index (κ1) is 43.9. The van der Waals surface area contributed by atoms with Gasteiger partial charge in [0.1, 0.15) is 6.61 Å². The van der Waals surface area contributed by atoms with Gasteiger partial charge in [-0.25, -0.2) is 0 Å². The number of carbonyl (C=O) groups excluding carboxylic acids is 2. The fraction of sp³-hybridized carbons (Fsp3) is 0.756. The Morgan fingerprint density at radius 1 is 0.500 bits per heavy atom. The molecule has 0 unspecified atom stereocenters. The first-order valence-electron chi connectivity index (χ1n) is 19.2. The third-order valence-electron chi connectivity index (χ3n) is 8.10. The monoisotopic (exact) mass is 645 g/mol. The maximum atomic E-state index is 12.1. The standard InChI is InChI=1S/C41H72O5/c1-3-5-7-9-11-13-15-17-19-20-22-24-26-28-30-32-34-36-41(44)46-39(37-42)38-45-40(43)35-33-31-29-27-25-23-21-18-16-14-12-10-8-6-4-2/h17-19,21-22,24,28,30,39,42H,3-16,20,23,25-27,29,31-38H2,1-2H3/t39-/m0/s1. The van der Waals surface area contributed by atoms with E-state index >= 15 is 0 Å². The van der Waals surface area contributed by atoms with Crippen molar-refractivity contribution in [2.24, 2.45) is 0 Å². The lowest BCUT2D eigenvalue weighted by molar-refractivity contribution is -0.161. The number of hydrogen-bond donors (Lipinski definition) is 1. The Morgan fingerprint density at radius 2 is 0.891 bits per heavy atom. The summed E-state index contributed by atoms with van der Waals surface area (Å²) in [5.74, 6) is -0.663. The molecule has 0 spiro atoms. The van der Waals surface area contributed by atoms with Crippen molar-refractivity contribution in [3.63, 3.8) is 0 Å². The second kappa shape index (κ2) is 37.3. The molecule has 0 saturated heterocycles. The van der Waals surface area contributed by atoms with E-state index in [1.165, 1.54) is 103 Å². The van der Waals surface area contributed by atoms with Crippen LogP contribution in [0.3, 0.4) is 0 Å². The number of esters is 2. The summed E-state index contributed by atoms with van der Waals surface area (Å²) in [5.41, 5.74) is 0. The molecule has 0 amide bonds. The molecule has 5 heteroatoms. The van der Waals surface area contributed by atoms with Crippen molar-refractivity contribution in [2.45, 2.75) is 187 Å². The summed E-state index contributed by atoms with van der Waals surface area (Å²) in [6, 6.07) is 0. The zero-order chi connectivity index (χ0) is 33.6. The van der Waals surface area contributed by atoms with Gasteiger partial charge >= 0.3 is 11.9 Å². The minimum absolute atomic E-state index is 0.0907. The Labute approximate surface area is 284 Å². The third kappa shape index (κ3) is 34.7. The van der Waals surface area contributed by atoms with E-state index in [1.54, 1.807) is 0 Å². The highest BCUT2D eigenvalue weighted by Crippen LogP contribution is 2.11. The molecule has 5 nitrogen and oxygen atoms in total. The predicted molar refractivity (Wildman–Crippen MR) is 196 cm³/mol. The molecule has 0 aromatic rings. The van der Waals surface area contributed by atoms with Crippen LogP contribution in [0.25, 0.3) is 0 Å². The van der Waals surface area contributed by atoms with E-state index in [4.69, 9.17) is 9.47 Å². The van der Waals surface area contributed by atoms with Gasteiger partial charge in [0, 0.05) is 12.8 Å². The minimum atomic E-state index is -0.800. The van der Waals surface area contributed by atoms with E-state index in [-0.39, 0.29) is 31.6 Å². The van der Waals surface area contributed by atoms with E-state index in [2.05, 4.69) is 62.5 Å². The topological polar surface area (TPSA) is 72.8 Å². The molecule has 1 N–H and O–H groups in total. The minimum Gasteiger partial charge on any atom is -0.462 e. The van der Waals surface area contributed by atoms with Gasteiger partial charge in [0.15, 0.2) is 6.10 Å². The van der Waals surface area contributed by atoms with Crippen LogP contribution in [0.5, 0.6) is 0 Å². The van der Waals surface area contributed by atoms with Gasteiger partial charge in [0.2, 0.25) is 0 Å². The molecule has 0 rings (SSSR count). The molecule has 0 aliphatic carbocycles. The zero-order valence-electron chi connectivity index (χ0n) is 30.1. The maximum Gasteiger partial charge on any atom is 0.306 e. The van der Waals surface area contributed by atoms with Gasteiger partial charge in [-0.3, -0.25) is 9.59 Å². The lowest BCUT2D eigenvalue weighted by atomic mass is 10.1. The maximum absolute atomic E-state index is 12.1. The highest BCUT2D eigenvalue weighted by atomic mass is 16.6. The first-order valence-corrected chi connectivity index (χ1v) is 19.2. The Kier molecular flexibility index (Phi) is 35.6. The number of ether oxygens (including phenoxy) is 2. The van der Waals surface area contributed by atoms with Crippen LogP contribution in [0, 0.1) is 0 Å². The summed E-state index contributed by atoms with van der Waals surface area (Å²) < 4.78 is 10.5. The van der Waals surface area contributed by atoms with Crippen LogP contribution in [-0.4, -0.2) is 36.4 Å². The highest BCUT2D eigenvalue weighted by molar-refractivity contribution is 5.70. The molecular formula is C41H72O5. The number of carbonyl (C=O) groups is 2. The van der Waals surface area contributed by atoms with Crippen LogP contribution < -0.4 is 0 Å². The normalized spacial score (nSPS) is 12.7. The van der Waals surface area contributed by atoms with Gasteiger partial charge < -0.3 is 14.6 Å². The molecule has 0 aliphatic heterocycles. The van der Waals surface area contributed by atoms with Crippen LogP contribution in [0.1, 0.15) is 181 Å². The number of aliphatic hydroxyl groups is 1. The average molecular weight is 645 g/mol. The fourth-order valence-corrected chi connectivity index (χ4v) is 5.15. The summed E-state index contributed by atoms with van der Waals surface area (Å²) in [6.07, 6.45) is 46.0. The second-order valence-corrected chi connectivity index (χ2v) is 12.6. The van der Waals surface area contributed by atoms with E-state index in [1.807, 2.05) is 0 Å². The number of unbranched alkanes of at least 4 members (excludes halogenated alkanes) is 18. The molecule has 0 saturated carbocycles. The second-order valence-electron chi connectivity index (χ2n) is 12.6. The smallest absolute Gasteiger partial charge is 0.306 e. The summed E-state index contributed by atoms with van der Waals surface area (Å²) in [5, 5.41) is 9.53. The molecule has 0 bridgehead atoms. The number of aliphatic hydroxyl groups excluding tert-OH is 1. The molecule has 1 atom stereocenters. The van der Waals surface area contributed by atoms with Crippen molar-refractivity contribution < 1.29 is 24.2 Å². The van der Waals surface area contributed by atoms with Crippen LogP contribution in [-0.2, 0) is 19.1 Å². The van der Waals surface area contributed by atoms with Gasteiger partial charge in [0.05, 0.1) is 6.61 Å². The summed E-state index contributed by atoms with van der Waals surface area (Å²) in [7, 11) is 0. The summed E-state index contributed by atoms with van der Waals surface area (Å²) >= 11 is 0. The summed E-state index contributed by atoms with van der Waals surface area (Å²) in [4.78, 5) is 24.2. The van der Waals surface area contributed by atoms with Gasteiger partial charge in [-0.05, 0) is 70.6 Å². The molecule has 0 aliphatic rings. The molecule has 266 valence electrons. The van der Waals surface area contributed by atoms with Crippen molar-refractivity contribution >= 4 is 11.9 Å². The van der Waals surface area contributed by atoms with Crippen molar-refractivity contribution in [3.05, 3.63) is 48.6 Å². The van der Waals surface area contributed by atoms with Gasteiger partial charge in [-0.2, -0.15) is 0 Å². The first-order chi connectivity index (χ1) is 22.6. The van der Waals surface area contributed by atoms with Crippen molar-refractivity contribution in [2.75, 3.05) is 13.2 Å². The summed E-state index contributed by atoms with van der Waals surface area (Å²) in [6.45, 7) is 4.07. The number of rotatable bonds is 34. The number of allylic oxidation sites excluding steroid dienone is 8. The molecular weight excluding hydrogens is 572 g/mol. The van der Waals surface area contributed by atoms with E-state index in [0.29, 0.717) is 12.8 Å². The molecule has 0 fully saturated rings. The fourth-order valence-electron chi connectivity index (χ4n) is 5.15. The lowest BCUT2D eigenvalue weighted by Crippen LogP contribution is -2.28. The Hall–Kier alpha value is -2.14. The largest absolute Gasteiger partial charge is 0.462 e. The SMILES string of the molecule is CCCCCCCCC=CCC=CCC=CCCCC(=O)O[C@@H](CO)COC(=O)CCCCCCCC=CCCCCCCCC. The van der Waals surface area contributed by atoms with Crippen molar-refractivity contribution in [1.82, 2.24) is 0 Å². The zero-order valence-corrected chi connectivity index (χ0v) is 30.1. The van der Waals surface area contributed by atoms with Crippen LogP contribution in [0.4, 0.5) is 0 Å². The van der Waals surface area contributed by atoms with Crippen LogP contribution in [0.15, 0.2) is 48.6 Å². The van der Waals surface area contributed by atoms with Gasteiger partial charge in [0.25, 0.3) is 0 Å². The molecule has 0 aromatic heterocycles.